The average Bonchev–Trinajstić information content (AvgIpc) is 2.33. The van der Waals surface area contributed by atoms with Gasteiger partial charge in [0.25, 0.3) is 16.0 Å². The summed E-state index contributed by atoms with van der Waals surface area (Å²) in [5.41, 5.74) is 0.459. The number of hydrogen-bond acceptors (Lipinski definition) is 5. The predicted octanol–water partition coefficient (Wildman–Crippen LogP) is 1.55. The molecule has 0 aliphatic heterocycles. The highest BCUT2D eigenvalue weighted by Crippen LogP contribution is 2.21. The summed E-state index contributed by atoms with van der Waals surface area (Å²) in [4.78, 5) is 11.7. The maximum Gasteiger partial charge on any atom is 0.264 e. The van der Waals surface area contributed by atoms with E-state index in [9.17, 15) is 13.2 Å². The van der Waals surface area contributed by atoms with E-state index < -0.39 is 10.1 Å². The van der Waals surface area contributed by atoms with Crippen molar-refractivity contribution >= 4 is 32.0 Å². The number of nitrogens with one attached hydrogen (secondary N) is 1. The number of carbonyl (C=O) groups is 1. The van der Waals surface area contributed by atoms with Crippen LogP contribution in [0, 0.1) is 0 Å². The second-order valence-electron chi connectivity index (χ2n) is 3.91. The van der Waals surface area contributed by atoms with Gasteiger partial charge in [0.1, 0.15) is 19.0 Å². The van der Waals surface area contributed by atoms with Crippen LogP contribution in [0.15, 0.2) is 22.7 Å². The molecular formula is C12H16BrNO5S. The number of hydrogen-bond donors (Lipinski definition) is 1. The van der Waals surface area contributed by atoms with E-state index in [1.54, 1.807) is 18.2 Å². The Morgan fingerprint density at radius 1 is 1.30 bits per heavy atom. The number of halogens is 1. The number of benzene rings is 1. The van der Waals surface area contributed by atoms with Crippen molar-refractivity contribution in [3.63, 3.8) is 0 Å². The van der Waals surface area contributed by atoms with Gasteiger partial charge in [-0.3, -0.25) is 8.98 Å². The Balaban J connectivity index is 2.64. The molecule has 8 heteroatoms. The van der Waals surface area contributed by atoms with Gasteiger partial charge in [-0.1, -0.05) is 15.9 Å². The maximum absolute atomic E-state index is 11.7. The molecule has 0 heterocycles. The fourth-order valence-electron chi connectivity index (χ4n) is 1.38. The van der Waals surface area contributed by atoms with Gasteiger partial charge in [-0.2, -0.15) is 8.42 Å². The molecule has 0 spiro atoms. The first kappa shape index (κ1) is 16.9. The second kappa shape index (κ2) is 7.61. The van der Waals surface area contributed by atoms with E-state index in [4.69, 9.17) is 4.74 Å². The molecule has 112 valence electrons. The van der Waals surface area contributed by atoms with Crippen molar-refractivity contribution in [3.8, 4) is 5.75 Å². The third kappa shape index (κ3) is 6.36. The van der Waals surface area contributed by atoms with Gasteiger partial charge in [-0.05, 0) is 25.1 Å². The molecule has 0 unspecified atom stereocenters. The smallest absolute Gasteiger partial charge is 0.264 e. The highest BCUT2D eigenvalue weighted by molar-refractivity contribution is 9.10. The molecule has 0 aliphatic carbocycles. The zero-order valence-corrected chi connectivity index (χ0v) is 13.6. The minimum absolute atomic E-state index is 0.0678. The Kier molecular flexibility index (Phi) is 6.44. The maximum atomic E-state index is 11.7. The third-order valence-corrected chi connectivity index (χ3v) is 3.17. The molecule has 1 aromatic rings. The molecule has 6 nitrogen and oxygen atoms in total. The quantitative estimate of drug-likeness (QED) is 0.585. The van der Waals surface area contributed by atoms with E-state index >= 15 is 0 Å². The lowest BCUT2D eigenvalue weighted by Crippen LogP contribution is -2.22. The Bertz CT molecular complexity index is 573. The molecule has 0 saturated carbocycles. The molecule has 0 aromatic heterocycles. The van der Waals surface area contributed by atoms with Gasteiger partial charge in [0.15, 0.2) is 0 Å². The number of carbonyl (C=O) groups excluding carboxylic acids is 1. The van der Waals surface area contributed by atoms with Crippen LogP contribution in [0.4, 0.5) is 0 Å². The molecule has 0 atom stereocenters. The molecule has 0 radical (unpaired) electrons. The average molecular weight is 366 g/mol. The Labute approximate surface area is 126 Å². The lowest BCUT2D eigenvalue weighted by atomic mass is 10.2. The first-order valence-electron chi connectivity index (χ1n) is 5.88. The molecular weight excluding hydrogens is 350 g/mol. The van der Waals surface area contributed by atoms with E-state index in [-0.39, 0.29) is 19.1 Å². The molecule has 1 rings (SSSR count). The minimum Gasteiger partial charge on any atom is -0.491 e. The monoisotopic (exact) mass is 365 g/mol. The SMILES string of the molecule is CCNC(=O)c1cc(Br)cc(OCCOS(C)(=O)=O)c1. The van der Waals surface area contributed by atoms with Gasteiger partial charge in [0, 0.05) is 16.6 Å². The molecule has 0 fully saturated rings. The van der Waals surface area contributed by atoms with Crippen molar-refractivity contribution in [1.29, 1.82) is 0 Å². The molecule has 20 heavy (non-hydrogen) atoms. The number of rotatable bonds is 7. The van der Waals surface area contributed by atoms with E-state index in [0.29, 0.717) is 22.3 Å². The first-order valence-corrected chi connectivity index (χ1v) is 8.49. The molecule has 1 N–H and O–H groups in total. The second-order valence-corrected chi connectivity index (χ2v) is 6.47. The van der Waals surface area contributed by atoms with Gasteiger partial charge in [0.05, 0.1) is 6.26 Å². The molecule has 1 amide bonds. The van der Waals surface area contributed by atoms with Crippen LogP contribution >= 0.6 is 15.9 Å². The van der Waals surface area contributed by atoms with E-state index in [1.165, 1.54) is 0 Å². The Morgan fingerprint density at radius 2 is 2.00 bits per heavy atom. The number of amides is 1. The summed E-state index contributed by atoms with van der Waals surface area (Å²) in [5, 5.41) is 2.68. The highest BCUT2D eigenvalue weighted by Gasteiger charge is 2.08. The standard InChI is InChI=1S/C12H16BrNO5S/c1-3-14-12(15)9-6-10(13)8-11(7-9)18-4-5-19-20(2,16)17/h6-8H,3-5H2,1-2H3,(H,14,15). The summed E-state index contributed by atoms with van der Waals surface area (Å²) in [6.07, 6.45) is 0.972. The largest absolute Gasteiger partial charge is 0.491 e. The zero-order valence-electron chi connectivity index (χ0n) is 11.2. The lowest BCUT2D eigenvalue weighted by molar-refractivity contribution is 0.0955. The van der Waals surface area contributed by atoms with Crippen LogP contribution in [0.3, 0.4) is 0 Å². The molecule has 0 bridgehead atoms. The summed E-state index contributed by atoms with van der Waals surface area (Å²) in [7, 11) is -3.47. The van der Waals surface area contributed by atoms with Crippen LogP contribution in [0.1, 0.15) is 17.3 Å². The van der Waals surface area contributed by atoms with E-state index in [2.05, 4.69) is 25.4 Å². The Morgan fingerprint density at radius 3 is 2.60 bits per heavy atom. The topological polar surface area (TPSA) is 81.7 Å². The summed E-state index contributed by atoms with van der Waals surface area (Å²) in [5.74, 6) is 0.253. The fraction of sp³-hybridized carbons (Fsp3) is 0.417. The van der Waals surface area contributed by atoms with Crippen molar-refractivity contribution in [1.82, 2.24) is 5.32 Å². The van der Waals surface area contributed by atoms with E-state index in [0.717, 1.165) is 6.26 Å². The molecule has 1 aromatic carbocycles. The Hall–Kier alpha value is -1.12. The van der Waals surface area contributed by atoms with Crippen molar-refractivity contribution in [2.45, 2.75) is 6.92 Å². The fourth-order valence-corrected chi connectivity index (χ4v) is 2.23. The summed E-state index contributed by atoms with van der Waals surface area (Å²) < 4.78 is 32.1. The molecule has 0 saturated heterocycles. The van der Waals surface area contributed by atoms with Gasteiger partial charge in [-0.15, -0.1) is 0 Å². The summed E-state index contributed by atoms with van der Waals surface area (Å²) in [6.45, 7) is 2.35. The van der Waals surface area contributed by atoms with Crippen molar-refractivity contribution in [2.24, 2.45) is 0 Å². The van der Waals surface area contributed by atoms with Gasteiger partial charge >= 0.3 is 0 Å². The lowest BCUT2D eigenvalue weighted by Gasteiger charge is -2.09. The van der Waals surface area contributed by atoms with Crippen LogP contribution in [0.2, 0.25) is 0 Å². The third-order valence-electron chi connectivity index (χ3n) is 2.12. The van der Waals surface area contributed by atoms with Crippen LogP contribution < -0.4 is 10.1 Å². The van der Waals surface area contributed by atoms with Crippen molar-refractivity contribution in [3.05, 3.63) is 28.2 Å². The van der Waals surface area contributed by atoms with Gasteiger partial charge < -0.3 is 10.1 Å². The summed E-state index contributed by atoms with van der Waals surface area (Å²) in [6, 6.07) is 4.93. The van der Waals surface area contributed by atoms with Crippen LogP contribution in [-0.4, -0.2) is 40.3 Å². The highest BCUT2D eigenvalue weighted by atomic mass is 79.9. The first-order chi connectivity index (χ1) is 9.31. The van der Waals surface area contributed by atoms with Crippen molar-refractivity contribution in [2.75, 3.05) is 26.0 Å². The van der Waals surface area contributed by atoms with Gasteiger partial charge in [-0.25, -0.2) is 0 Å². The van der Waals surface area contributed by atoms with Crippen LogP contribution in [0.5, 0.6) is 5.75 Å². The van der Waals surface area contributed by atoms with Crippen LogP contribution in [-0.2, 0) is 14.3 Å². The number of ether oxygens (including phenoxy) is 1. The zero-order chi connectivity index (χ0) is 15.2. The van der Waals surface area contributed by atoms with Crippen molar-refractivity contribution < 1.29 is 22.1 Å². The molecule has 0 aliphatic rings. The van der Waals surface area contributed by atoms with Crippen LogP contribution in [0.25, 0.3) is 0 Å². The summed E-state index contributed by atoms with van der Waals surface area (Å²) >= 11 is 3.29. The predicted molar refractivity (Wildman–Crippen MR) is 78.4 cm³/mol. The minimum atomic E-state index is -3.47. The van der Waals surface area contributed by atoms with E-state index in [1.807, 2.05) is 6.92 Å². The normalized spacial score (nSPS) is 11.2. The van der Waals surface area contributed by atoms with Gasteiger partial charge in [0.2, 0.25) is 0 Å².